The smallest absolute Gasteiger partial charge is 0.0567 e. The van der Waals surface area contributed by atoms with Crippen molar-refractivity contribution in [1.82, 2.24) is 9.99 Å². The number of para-hydroxylation sites is 1. The average Bonchev–Trinajstić information content (AvgIpc) is 2.73. The summed E-state index contributed by atoms with van der Waals surface area (Å²) in [4.78, 5) is 3.41. The number of nitrogens with one attached hydrogen (secondary N) is 1. The second-order valence-electron chi connectivity index (χ2n) is 4.97. The highest BCUT2D eigenvalue weighted by atomic mass is 15.4. The van der Waals surface area contributed by atoms with E-state index in [1.54, 1.807) is 0 Å². The molecule has 3 rings (SSSR count). The van der Waals surface area contributed by atoms with Crippen LogP contribution in [0.15, 0.2) is 29.4 Å². The van der Waals surface area contributed by atoms with Crippen molar-refractivity contribution in [2.45, 2.75) is 26.2 Å². The van der Waals surface area contributed by atoms with Crippen molar-refractivity contribution >= 4 is 17.1 Å². The molecule has 3 heteroatoms. The SMILES string of the molecule is Cc1[nH]c2ccccc2c1/C=N/N1CCCCC1. The Morgan fingerprint density at radius 3 is 2.78 bits per heavy atom. The first kappa shape index (κ1) is 11.3. The lowest BCUT2D eigenvalue weighted by atomic mass is 10.1. The number of nitrogens with zero attached hydrogens (tertiary/aromatic N) is 2. The second-order valence-corrected chi connectivity index (χ2v) is 4.97. The highest BCUT2D eigenvalue weighted by molar-refractivity contribution is 6.00. The van der Waals surface area contributed by atoms with Crippen LogP contribution in [-0.4, -0.2) is 29.3 Å². The molecule has 0 radical (unpaired) electrons. The molecule has 18 heavy (non-hydrogen) atoms. The topological polar surface area (TPSA) is 31.4 Å². The summed E-state index contributed by atoms with van der Waals surface area (Å²) >= 11 is 0. The predicted octanol–water partition coefficient (Wildman–Crippen LogP) is 3.30. The summed E-state index contributed by atoms with van der Waals surface area (Å²) in [7, 11) is 0. The number of rotatable bonds is 2. The molecule has 0 spiro atoms. The zero-order valence-corrected chi connectivity index (χ0v) is 10.8. The lowest BCUT2D eigenvalue weighted by molar-refractivity contribution is 0.240. The van der Waals surface area contributed by atoms with Crippen LogP contribution in [0.1, 0.15) is 30.5 Å². The van der Waals surface area contributed by atoms with Crippen molar-refractivity contribution in [3.8, 4) is 0 Å². The molecular formula is C15H19N3. The number of aromatic amines is 1. The molecule has 0 saturated carbocycles. The van der Waals surface area contributed by atoms with Crippen LogP contribution in [-0.2, 0) is 0 Å². The molecule has 3 nitrogen and oxygen atoms in total. The number of hydrogen-bond donors (Lipinski definition) is 1. The number of piperidine rings is 1. The summed E-state index contributed by atoms with van der Waals surface area (Å²) in [5, 5.41) is 8.07. The number of aryl methyl sites for hydroxylation is 1. The third-order valence-corrected chi connectivity index (χ3v) is 3.63. The number of fused-ring (bicyclic) bond motifs is 1. The first-order chi connectivity index (χ1) is 8.84. The third kappa shape index (κ3) is 2.13. The maximum absolute atomic E-state index is 4.62. The fraction of sp³-hybridized carbons (Fsp3) is 0.400. The van der Waals surface area contributed by atoms with E-state index in [-0.39, 0.29) is 0 Å². The minimum Gasteiger partial charge on any atom is -0.358 e. The van der Waals surface area contributed by atoms with Crippen LogP contribution in [0.25, 0.3) is 10.9 Å². The van der Waals surface area contributed by atoms with Gasteiger partial charge in [0.25, 0.3) is 0 Å². The fourth-order valence-corrected chi connectivity index (χ4v) is 2.60. The molecule has 0 unspecified atom stereocenters. The van der Waals surface area contributed by atoms with Crippen LogP contribution in [0.3, 0.4) is 0 Å². The minimum atomic E-state index is 1.10. The summed E-state index contributed by atoms with van der Waals surface area (Å²) in [5.41, 5.74) is 3.60. The Balaban J connectivity index is 1.89. The molecule has 1 aliphatic rings. The summed E-state index contributed by atoms with van der Waals surface area (Å²) in [6.45, 7) is 4.30. The molecule has 1 aliphatic heterocycles. The van der Waals surface area contributed by atoms with Gasteiger partial charge in [-0.15, -0.1) is 0 Å². The van der Waals surface area contributed by atoms with Crippen molar-refractivity contribution < 1.29 is 0 Å². The molecule has 1 fully saturated rings. The van der Waals surface area contributed by atoms with Crippen molar-refractivity contribution in [1.29, 1.82) is 0 Å². The van der Waals surface area contributed by atoms with E-state index in [0.717, 1.165) is 13.1 Å². The molecule has 1 aromatic heterocycles. The van der Waals surface area contributed by atoms with E-state index in [2.05, 4.69) is 46.3 Å². The van der Waals surface area contributed by atoms with Crippen LogP contribution < -0.4 is 0 Å². The summed E-state index contributed by atoms with van der Waals surface area (Å²) in [6, 6.07) is 8.40. The molecule has 1 N–H and O–H groups in total. The Kier molecular flexibility index (Phi) is 3.05. The van der Waals surface area contributed by atoms with Gasteiger partial charge in [0.15, 0.2) is 0 Å². The largest absolute Gasteiger partial charge is 0.358 e. The van der Waals surface area contributed by atoms with Gasteiger partial charge in [-0.3, -0.25) is 5.01 Å². The van der Waals surface area contributed by atoms with Gasteiger partial charge in [0, 0.05) is 35.2 Å². The number of benzene rings is 1. The molecule has 0 atom stereocenters. The van der Waals surface area contributed by atoms with Crippen LogP contribution in [0.4, 0.5) is 0 Å². The minimum absolute atomic E-state index is 1.10. The maximum Gasteiger partial charge on any atom is 0.0567 e. The molecule has 0 aliphatic carbocycles. The molecule has 2 aromatic rings. The molecule has 94 valence electrons. The molecular weight excluding hydrogens is 222 g/mol. The normalized spacial score (nSPS) is 16.8. The third-order valence-electron chi connectivity index (χ3n) is 3.63. The zero-order valence-electron chi connectivity index (χ0n) is 10.8. The molecule has 1 saturated heterocycles. The first-order valence-corrected chi connectivity index (χ1v) is 6.71. The van der Waals surface area contributed by atoms with Gasteiger partial charge in [0.05, 0.1) is 6.21 Å². The quantitative estimate of drug-likeness (QED) is 0.804. The molecule has 0 bridgehead atoms. The Labute approximate surface area is 107 Å². The lowest BCUT2D eigenvalue weighted by Crippen LogP contribution is -2.24. The van der Waals surface area contributed by atoms with E-state index in [4.69, 9.17) is 0 Å². The predicted molar refractivity (Wildman–Crippen MR) is 76.1 cm³/mol. The van der Waals surface area contributed by atoms with Crippen LogP contribution in [0, 0.1) is 6.92 Å². The fourth-order valence-electron chi connectivity index (χ4n) is 2.60. The van der Waals surface area contributed by atoms with Gasteiger partial charge in [0.2, 0.25) is 0 Å². The maximum atomic E-state index is 4.62. The molecule has 0 amide bonds. The van der Waals surface area contributed by atoms with E-state index in [1.807, 2.05) is 6.21 Å². The van der Waals surface area contributed by atoms with Crippen molar-refractivity contribution in [2.24, 2.45) is 5.10 Å². The van der Waals surface area contributed by atoms with E-state index in [0.29, 0.717) is 0 Å². The Morgan fingerprint density at radius 1 is 1.17 bits per heavy atom. The summed E-state index contributed by atoms with van der Waals surface area (Å²) in [6.07, 6.45) is 5.89. The van der Waals surface area contributed by atoms with Gasteiger partial charge < -0.3 is 4.98 Å². The van der Waals surface area contributed by atoms with Gasteiger partial charge >= 0.3 is 0 Å². The highest BCUT2D eigenvalue weighted by Gasteiger charge is 2.08. The van der Waals surface area contributed by atoms with Crippen LogP contribution in [0.2, 0.25) is 0 Å². The number of hydrogen-bond acceptors (Lipinski definition) is 2. The monoisotopic (exact) mass is 241 g/mol. The zero-order chi connectivity index (χ0) is 12.4. The van der Waals surface area contributed by atoms with Gasteiger partial charge in [-0.25, -0.2) is 0 Å². The highest BCUT2D eigenvalue weighted by Crippen LogP contribution is 2.20. The molecule has 2 heterocycles. The van der Waals surface area contributed by atoms with E-state index in [1.165, 1.54) is 41.4 Å². The van der Waals surface area contributed by atoms with Crippen molar-refractivity contribution in [2.75, 3.05) is 13.1 Å². The van der Waals surface area contributed by atoms with Gasteiger partial charge in [0.1, 0.15) is 0 Å². The van der Waals surface area contributed by atoms with Gasteiger partial charge in [-0.05, 0) is 32.3 Å². The Bertz CT molecular complexity index is 562. The van der Waals surface area contributed by atoms with Crippen molar-refractivity contribution in [3.05, 3.63) is 35.5 Å². The van der Waals surface area contributed by atoms with Crippen molar-refractivity contribution in [3.63, 3.8) is 0 Å². The number of H-pyrrole nitrogens is 1. The van der Waals surface area contributed by atoms with Gasteiger partial charge in [-0.2, -0.15) is 5.10 Å². The van der Waals surface area contributed by atoms with Gasteiger partial charge in [-0.1, -0.05) is 18.2 Å². The number of aromatic nitrogens is 1. The summed E-state index contributed by atoms with van der Waals surface area (Å²) < 4.78 is 0. The summed E-state index contributed by atoms with van der Waals surface area (Å²) in [5.74, 6) is 0. The van der Waals surface area contributed by atoms with Crippen LogP contribution >= 0.6 is 0 Å². The Hall–Kier alpha value is -1.77. The van der Waals surface area contributed by atoms with Crippen LogP contribution in [0.5, 0.6) is 0 Å². The average molecular weight is 241 g/mol. The lowest BCUT2D eigenvalue weighted by Gasteiger charge is -2.23. The Morgan fingerprint density at radius 2 is 1.94 bits per heavy atom. The standard InChI is InChI=1S/C15H19N3/c1-12-14(11-16-18-9-5-2-6-10-18)13-7-3-4-8-15(13)17-12/h3-4,7-8,11,17H,2,5-6,9-10H2,1H3/b16-11+. The number of hydrazone groups is 1. The first-order valence-electron chi connectivity index (χ1n) is 6.71. The van der Waals surface area contributed by atoms with E-state index < -0.39 is 0 Å². The molecule has 1 aromatic carbocycles. The second kappa shape index (κ2) is 4.84. The van der Waals surface area contributed by atoms with E-state index >= 15 is 0 Å². The van der Waals surface area contributed by atoms with E-state index in [9.17, 15) is 0 Å².